The van der Waals surface area contributed by atoms with E-state index in [0.717, 1.165) is 25.3 Å². The van der Waals surface area contributed by atoms with Crippen LogP contribution in [-0.2, 0) is 0 Å². The molecule has 8 nitrogen and oxygen atoms in total. The fraction of sp³-hybridized carbons (Fsp3) is 0.500. The van der Waals surface area contributed by atoms with E-state index in [0.29, 0.717) is 36.9 Å². The first-order valence-corrected chi connectivity index (χ1v) is 7.99. The van der Waals surface area contributed by atoms with Crippen LogP contribution in [0.1, 0.15) is 21.8 Å². The van der Waals surface area contributed by atoms with Gasteiger partial charge < -0.3 is 14.2 Å². The van der Waals surface area contributed by atoms with E-state index in [-0.39, 0.29) is 5.91 Å². The number of carbonyl (C=O) groups is 1. The maximum atomic E-state index is 12.4. The number of nitrogens with zero attached hydrogens (tertiary/aromatic N) is 5. The Morgan fingerprint density at radius 3 is 2.62 bits per heavy atom. The molecule has 24 heavy (non-hydrogen) atoms. The lowest BCUT2D eigenvalue weighted by Crippen LogP contribution is -2.49. The molecule has 1 aliphatic heterocycles. The first-order valence-electron chi connectivity index (χ1n) is 7.99. The van der Waals surface area contributed by atoms with Gasteiger partial charge in [0.05, 0.1) is 11.9 Å². The van der Waals surface area contributed by atoms with Crippen molar-refractivity contribution in [3.8, 4) is 5.88 Å². The second kappa shape index (κ2) is 7.39. The second-order valence-corrected chi connectivity index (χ2v) is 5.79. The molecule has 0 atom stereocenters. The predicted molar refractivity (Wildman–Crippen MR) is 85.8 cm³/mol. The van der Waals surface area contributed by atoms with Crippen molar-refractivity contribution in [2.75, 3.05) is 39.3 Å². The molecule has 1 amide bonds. The van der Waals surface area contributed by atoms with Crippen LogP contribution in [0.4, 0.5) is 0 Å². The van der Waals surface area contributed by atoms with Crippen LogP contribution in [0.3, 0.4) is 0 Å². The lowest BCUT2D eigenvalue weighted by Gasteiger charge is -2.34. The third kappa shape index (κ3) is 3.88. The topological polar surface area (TPSA) is 84.6 Å². The maximum absolute atomic E-state index is 12.4. The molecular weight excluding hydrogens is 310 g/mol. The summed E-state index contributed by atoms with van der Waals surface area (Å²) >= 11 is 0. The van der Waals surface area contributed by atoms with E-state index in [1.54, 1.807) is 6.92 Å². The van der Waals surface area contributed by atoms with Crippen LogP contribution in [-0.4, -0.2) is 70.4 Å². The summed E-state index contributed by atoms with van der Waals surface area (Å²) in [6.07, 6.45) is 1.49. The van der Waals surface area contributed by atoms with Crippen LogP contribution in [0.5, 0.6) is 5.88 Å². The molecule has 3 rings (SSSR count). The second-order valence-electron chi connectivity index (χ2n) is 5.79. The van der Waals surface area contributed by atoms with Gasteiger partial charge in [-0.2, -0.15) is 5.10 Å². The van der Waals surface area contributed by atoms with Gasteiger partial charge in [0.15, 0.2) is 0 Å². The fourth-order valence-corrected chi connectivity index (χ4v) is 2.59. The molecule has 0 aliphatic carbocycles. The summed E-state index contributed by atoms with van der Waals surface area (Å²) in [5.41, 5.74) is 1.41. The molecule has 0 radical (unpaired) electrons. The van der Waals surface area contributed by atoms with Gasteiger partial charge in [-0.3, -0.25) is 9.69 Å². The minimum Gasteiger partial charge on any atom is -0.475 e. The number of aromatic nitrogens is 3. The molecule has 1 aliphatic rings. The number of ether oxygens (including phenoxy) is 1. The Hall–Kier alpha value is -2.48. The molecule has 2 aromatic heterocycles. The highest BCUT2D eigenvalue weighted by molar-refractivity contribution is 5.94. The number of hydrogen-bond acceptors (Lipinski definition) is 7. The van der Waals surface area contributed by atoms with Crippen molar-refractivity contribution in [3.05, 3.63) is 35.3 Å². The quantitative estimate of drug-likeness (QED) is 0.805. The molecule has 0 spiro atoms. The lowest BCUT2D eigenvalue weighted by molar-refractivity contribution is 0.0617. The molecule has 3 heterocycles. The zero-order valence-corrected chi connectivity index (χ0v) is 13.9. The Balaban J connectivity index is 1.41. The molecule has 1 saturated heterocycles. The number of amides is 1. The first-order chi connectivity index (χ1) is 11.6. The molecular formula is C16H21N5O3. The fourth-order valence-electron chi connectivity index (χ4n) is 2.59. The van der Waals surface area contributed by atoms with Crippen LogP contribution in [0, 0.1) is 13.8 Å². The first kappa shape index (κ1) is 16.4. The van der Waals surface area contributed by atoms with Gasteiger partial charge >= 0.3 is 0 Å². The Bertz CT molecular complexity index is 677. The average molecular weight is 331 g/mol. The van der Waals surface area contributed by atoms with E-state index in [2.05, 4.69) is 20.3 Å². The summed E-state index contributed by atoms with van der Waals surface area (Å²) in [6.45, 7) is 8.00. The van der Waals surface area contributed by atoms with Crippen molar-refractivity contribution in [1.29, 1.82) is 0 Å². The van der Waals surface area contributed by atoms with Crippen molar-refractivity contribution < 1.29 is 14.1 Å². The number of carbonyl (C=O) groups excluding carboxylic acids is 1. The van der Waals surface area contributed by atoms with Crippen LogP contribution in [0.25, 0.3) is 0 Å². The average Bonchev–Trinajstić information content (AvgIpc) is 3.03. The lowest BCUT2D eigenvalue weighted by atomic mass is 10.2. The number of hydrogen-bond donors (Lipinski definition) is 0. The Morgan fingerprint density at radius 1 is 1.21 bits per heavy atom. The highest BCUT2D eigenvalue weighted by atomic mass is 16.5. The molecule has 8 heteroatoms. The standard InChI is InChI=1S/C16H21N5O3/c1-12-3-4-15(19-18-12)23-10-9-20-5-7-21(8-6-20)16(22)14-11-17-24-13(14)2/h3-4,11H,5-10H2,1-2H3. The summed E-state index contributed by atoms with van der Waals surface area (Å²) < 4.78 is 10.6. The molecule has 2 aromatic rings. The number of aryl methyl sites for hydroxylation is 2. The van der Waals surface area contributed by atoms with Crippen molar-refractivity contribution >= 4 is 5.91 Å². The van der Waals surface area contributed by atoms with Crippen LogP contribution >= 0.6 is 0 Å². The van der Waals surface area contributed by atoms with Gasteiger partial charge in [-0.05, 0) is 19.9 Å². The molecule has 128 valence electrons. The summed E-state index contributed by atoms with van der Waals surface area (Å²) in [7, 11) is 0. The molecule has 0 unspecified atom stereocenters. The van der Waals surface area contributed by atoms with Crippen molar-refractivity contribution in [2.45, 2.75) is 13.8 Å². The number of rotatable bonds is 5. The Kier molecular flexibility index (Phi) is 5.05. The monoisotopic (exact) mass is 331 g/mol. The van der Waals surface area contributed by atoms with Crippen LogP contribution in [0.2, 0.25) is 0 Å². The largest absolute Gasteiger partial charge is 0.475 e. The Morgan fingerprint density at radius 2 is 2.00 bits per heavy atom. The highest BCUT2D eigenvalue weighted by Crippen LogP contribution is 2.12. The van der Waals surface area contributed by atoms with Gasteiger partial charge in [-0.15, -0.1) is 5.10 Å². The van der Waals surface area contributed by atoms with E-state index >= 15 is 0 Å². The third-order valence-electron chi connectivity index (χ3n) is 4.07. The zero-order chi connectivity index (χ0) is 16.9. The van der Waals surface area contributed by atoms with E-state index in [1.807, 2.05) is 24.0 Å². The van der Waals surface area contributed by atoms with E-state index in [1.165, 1.54) is 6.20 Å². The molecule has 1 fully saturated rings. The third-order valence-corrected chi connectivity index (χ3v) is 4.07. The normalized spacial score (nSPS) is 15.5. The molecule has 0 aromatic carbocycles. The van der Waals surface area contributed by atoms with Crippen LogP contribution < -0.4 is 4.74 Å². The van der Waals surface area contributed by atoms with Gasteiger partial charge in [-0.25, -0.2) is 0 Å². The Labute approximate surface area is 140 Å². The van der Waals surface area contributed by atoms with Crippen molar-refractivity contribution in [2.24, 2.45) is 0 Å². The molecule has 0 saturated carbocycles. The van der Waals surface area contributed by atoms with Gasteiger partial charge in [0.1, 0.15) is 17.9 Å². The summed E-state index contributed by atoms with van der Waals surface area (Å²) in [6, 6.07) is 3.69. The molecule has 0 N–H and O–H groups in total. The minimum atomic E-state index is -0.0143. The smallest absolute Gasteiger partial charge is 0.259 e. The number of piperazine rings is 1. The van der Waals surface area contributed by atoms with Gasteiger partial charge in [0.2, 0.25) is 5.88 Å². The van der Waals surface area contributed by atoms with E-state index in [9.17, 15) is 4.79 Å². The SMILES string of the molecule is Cc1ccc(OCCN2CCN(C(=O)c3cnoc3C)CC2)nn1. The minimum absolute atomic E-state index is 0.0143. The van der Waals surface area contributed by atoms with Crippen molar-refractivity contribution in [3.63, 3.8) is 0 Å². The van der Waals surface area contributed by atoms with Gasteiger partial charge in [-0.1, -0.05) is 5.16 Å². The van der Waals surface area contributed by atoms with E-state index < -0.39 is 0 Å². The van der Waals surface area contributed by atoms with Crippen molar-refractivity contribution in [1.82, 2.24) is 25.2 Å². The summed E-state index contributed by atoms with van der Waals surface area (Å²) in [4.78, 5) is 16.5. The molecule has 0 bridgehead atoms. The van der Waals surface area contributed by atoms with Gasteiger partial charge in [0, 0.05) is 38.8 Å². The highest BCUT2D eigenvalue weighted by Gasteiger charge is 2.24. The summed E-state index contributed by atoms with van der Waals surface area (Å²) in [5, 5.41) is 11.6. The zero-order valence-electron chi connectivity index (χ0n) is 13.9. The predicted octanol–water partition coefficient (Wildman–Crippen LogP) is 0.918. The maximum Gasteiger partial charge on any atom is 0.259 e. The van der Waals surface area contributed by atoms with Gasteiger partial charge in [0.25, 0.3) is 5.91 Å². The van der Waals surface area contributed by atoms with E-state index in [4.69, 9.17) is 9.26 Å². The van der Waals surface area contributed by atoms with Crippen LogP contribution in [0.15, 0.2) is 22.9 Å². The summed E-state index contributed by atoms with van der Waals surface area (Å²) in [5.74, 6) is 1.09.